The first-order chi connectivity index (χ1) is 8.81. The second kappa shape index (κ2) is 5.63. The van der Waals surface area contributed by atoms with E-state index in [4.69, 9.17) is 11.6 Å². The molecule has 0 spiro atoms. The minimum Gasteiger partial charge on any atom is -0.314 e. The third kappa shape index (κ3) is 2.89. The van der Waals surface area contributed by atoms with Crippen molar-refractivity contribution in [2.45, 2.75) is 50.5 Å². The zero-order valence-corrected chi connectivity index (χ0v) is 11.6. The van der Waals surface area contributed by atoms with E-state index in [1.807, 2.05) is 12.1 Å². The van der Waals surface area contributed by atoms with Crippen molar-refractivity contribution in [2.75, 3.05) is 6.54 Å². The van der Waals surface area contributed by atoms with Gasteiger partial charge in [0, 0.05) is 11.1 Å². The molecule has 1 nitrogen and oxygen atoms in total. The molecule has 0 aromatic heterocycles. The van der Waals surface area contributed by atoms with Gasteiger partial charge in [0.2, 0.25) is 0 Å². The molecule has 2 fully saturated rings. The fourth-order valence-electron chi connectivity index (χ4n) is 3.06. The zero-order chi connectivity index (χ0) is 12.4. The van der Waals surface area contributed by atoms with Crippen molar-refractivity contribution in [3.63, 3.8) is 0 Å². The summed E-state index contributed by atoms with van der Waals surface area (Å²) in [7, 11) is 0. The maximum Gasteiger partial charge on any atom is 0.0406 e. The Morgan fingerprint density at radius 1 is 1.11 bits per heavy atom. The molecule has 98 valence electrons. The van der Waals surface area contributed by atoms with Gasteiger partial charge < -0.3 is 5.32 Å². The lowest BCUT2D eigenvalue weighted by Crippen LogP contribution is -2.41. The SMILES string of the molecule is Clc1ccc(C2CC(NCCC3CCC3)C2)cc1. The predicted molar refractivity (Wildman–Crippen MR) is 77.2 cm³/mol. The van der Waals surface area contributed by atoms with Crippen molar-refractivity contribution in [3.05, 3.63) is 34.9 Å². The van der Waals surface area contributed by atoms with Crippen LogP contribution in [0.1, 0.15) is 50.0 Å². The van der Waals surface area contributed by atoms with Crippen molar-refractivity contribution in [3.8, 4) is 0 Å². The molecule has 0 saturated heterocycles. The van der Waals surface area contributed by atoms with Crippen LogP contribution in [0.5, 0.6) is 0 Å². The summed E-state index contributed by atoms with van der Waals surface area (Å²) < 4.78 is 0. The normalized spacial score (nSPS) is 27.6. The lowest BCUT2D eigenvalue weighted by atomic mass is 9.75. The maximum absolute atomic E-state index is 5.91. The van der Waals surface area contributed by atoms with Gasteiger partial charge in [-0.1, -0.05) is 43.0 Å². The number of nitrogens with one attached hydrogen (secondary N) is 1. The number of rotatable bonds is 5. The van der Waals surface area contributed by atoms with Crippen molar-refractivity contribution >= 4 is 11.6 Å². The van der Waals surface area contributed by atoms with E-state index in [1.54, 1.807) is 0 Å². The van der Waals surface area contributed by atoms with Crippen molar-refractivity contribution in [1.82, 2.24) is 5.32 Å². The monoisotopic (exact) mass is 263 g/mol. The second-order valence-electron chi connectivity index (χ2n) is 5.96. The highest BCUT2D eigenvalue weighted by Gasteiger charge is 2.29. The van der Waals surface area contributed by atoms with Gasteiger partial charge in [0.05, 0.1) is 0 Å². The van der Waals surface area contributed by atoms with Gasteiger partial charge in [0.25, 0.3) is 0 Å². The highest BCUT2D eigenvalue weighted by Crippen LogP contribution is 2.37. The van der Waals surface area contributed by atoms with Crippen LogP contribution in [0.15, 0.2) is 24.3 Å². The van der Waals surface area contributed by atoms with Gasteiger partial charge in [-0.05, 0) is 55.3 Å². The molecule has 0 atom stereocenters. The Labute approximate surface area is 115 Å². The van der Waals surface area contributed by atoms with Gasteiger partial charge in [-0.15, -0.1) is 0 Å². The summed E-state index contributed by atoms with van der Waals surface area (Å²) in [5.74, 6) is 1.79. The molecule has 18 heavy (non-hydrogen) atoms. The van der Waals surface area contributed by atoms with Gasteiger partial charge in [-0.3, -0.25) is 0 Å². The summed E-state index contributed by atoms with van der Waals surface area (Å²) >= 11 is 5.91. The summed E-state index contributed by atoms with van der Waals surface area (Å²) in [6.07, 6.45) is 8.40. The van der Waals surface area contributed by atoms with Crippen molar-refractivity contribution < 1.29 is 0 Å². The van der Waals surface area contributed by atoms with Gasteiger partial charge in [0.1, 0.15) is 0 Å². The Bertz CT molecular complexity index is 377. The summed E-state index contributed by atoms with van der Waals surface area (Å²) in [4.78, 5) is 0. The second-order valence-corrected chi connectivity index (χ2v) is 6.39. The number of hydrogen-bond donors (Lipinski definition) is 1. The summed E-state index contributed by atoms with van der Waals surface area (Å²) in [6.45, 7) is 1.22. The average molecular weight is 264 g/mol. The molecule has 1 aromatic carbocycles. The smallest absolute Gasteiger partial charge is 0.0406 e. The van der Waals surface area contributed by atoms with E-state index in [0.29, 0.717) is 0 Å². The van der Waals surface area contributed by atoms with Crippen molar-refractivity contribution in [2.24, 2.45) is 5.92 Å². The maximum atomic E-state index is 5.91. The van der Waals surface area contributed by atoms with Crippen LogP contribution in [0.2, 0.25) is 5.02 Å². The lowest BCUT2D eigenvalue weighted by Gasteiger charge is -2.37. The van der Waals surface area contributed by atoms with Crippen LogP contribution in [-0.4, -0.2) is 12.6 Å². The number of hydrogen-bond acceptors (Lipinski definition) is 1. The zero-order valence-electron chi connectivity index (χ0n) is 10.9. The first-order valence-electron chi connectivity index (χ1n) is 7.30. The van der Waals surface area contributed by atoms with Gasteiger partial charge in [-0.2, -0.15) is 0 Å². The quantitative estimate of drug-likeness (QED) is 0.832. The molecule has 1 N–H and O–H groups in total. The number of benzene rings is 1. The van der Waals surface area contributed by atoms with E-state index in [1.165, 1.54) is 50.6 Å². The average Bonchev–Trinajstić information content (AvgIpc) is 2.26. The topological polar surface area (TPSA) is 12.0 Å². The molecular formula is C16H22ClN. The van der Waals surface area contributed by atoms with E-state index < -0.39 is 0 Å². The Hall–Kier alpha value is -0.530. The Balaban J connectivity index is 1.36. The molecule has 3 rings (SSSR count). The van der Waals surface area contributed by atoms with Crippen LogP contribution in [-0.2, 0) is 0 Å². The summed E-state index contributed by atoms with van der Waals surface area (Å²) in [5.41, 5.74) is 1.46. The van der Waals surface area contributed by atoms with Crippen LogP contribution in [0.3, 0.4) is 0 Å². The minimum atomic E-state index is 0.753. The van der Waals surface area contributed by atoms with E-state index in [-0.39, 0.29) is 0 Å². The van der Waals surface area contributed by atoms with E-state index in [2.05, 4.69) is 17.4 Å². The molecule has 0 bridgehead atoms. The molecule has 0 radical (unpaired) electrons. The molecule has 2 heteroatoms. The van der Waals surface area contributed by atoms with Crippen LogP contribution >= 0.6 is 11.6 Å². The van der Waals surface area contributed by atoms with Crippen LogP contribution in [0, 0.1) is 5.92 Å². The first kappa shape index (κ1) is 12.5. The third-order valence-electron chi connectivity index (χ3n) is 4.69. The first-order valence-corrected chi connectivity index (χ1v) is 7.68. The van der Waals surface area contributed by atoms with E-state index in [9.17, 15) is 0 Å². The fraction of sp³-hybridized carbons (Fsp3) is 0.625. The van der Waals surface area contributed by atoms with E-state index >= 15 is 0 Å². The highest BCUT2D eigenvalue weighted by atomic mass is 35.5. The Morgan fingerprint density at radius 3 is 2.44 bits per heavy atom. The van der Waals surface area contributed by atoms with Crippen LogP contribution < -0.4 is 5.32 Å². The molecule has 2 aliphatic rings. The van der Waals surface area contributed by atoms with Gasteiger partial charge in [-0.25, -0.2) is 0 Å². The van der Waals surface area contributed by atoms with E-state index in [0.717, 1.165) is 22.9 Å². The molecule has 0 aliphatic heterocycles. The van der Waals surface area contributed by atoms with Gasteiger partial charge in [0.15, 0.2) is 0 Å². The number of halogens is 1. The standard InChI is InChI=1S/C16H22ClN/c17-15-6-4-13(5-7-15)14-10-16(11-14)18-9-8-12-2-1-3-12/h4-7,12,14,16,18H,1-3,8-11H2. The minimum absolute atomic E-state index is 0.753. The Kier molecular flexibility index (Phi) is 3.91. The third-order valence-corrected chi connectivity index (χ3v) is 4.94. The highest BCUT2D eigenvalue weighted by molar-refractivity contribution is 6.30. The molecule has 0 amide bonds. The lowest BCUT2D eigenvalue weighted by molar-refractivity contribution is 0.254. The largest absolute Gasteiger partial charge is 0.314 e. The van der Waals surface area contributed by atoms with Gasteiger partial charge >= 0.3 is 0 Å². The molecule has 2 aliphatic carbocycles. The Morgan fingerprint density at radius 2 is 1.83 bits per heavy atom. The predicted octanol–water partition coefficient (Wildman–Crippen LogP) is 4.37. The van der Waals surface area contributed by atoms with Crippen LogP contribution in [0.25, 0.3) is 0 Å². The molecule has 2 saturated carbocycles. The van der Waals surface area contributed by atoms with Crippen molar-refractivity contribution in [1.29, 1.82) is 0 Å². The summed E-state index contributed by atoms with van der Waals surface area (Å²) in [6, 6.07) is 9.13. The summed E-state index contributed by atoms with van der Waals surface area (Å²) in [5, 5.41) is 4.54. The molecular weight excluding hydrogens is 242 g/mol. The molecule has 0 unspecified atom stereocenters. The molecule has 0 heterocycles. The molecule has 1 aromatic rings. The van der Waals surface area contributed by atoms with Crippen LogP contribution in [0.4, 0.5) is 0 Å². The fourth-order valence-corrected chi connectivity index (χ4v) is 3.19.